The maximum atomic E-state index is 14.7. The number of rotatable bonds is 19. The zero-order valence-corrected chi connectivity index (χ0v) is 52.9. The number of β-amino-alcohol motifs (C(OH)–C–C–N with tert-alkyl or cyclic N) is 1. The number of amides is 8. The number of ether oxygens (including phenoxy) is 1. The number of nitrogens with two attached hydrogens (primary N) is 1. The third kappa shape index (κ3) is 17.8. The molecule has 8 amide bonds. The average Bonchev–Trinajstić information content (AvgIpc) is 1.72. The van der Waals surface area contributed by atoms with E-state index in [0.717, 1.165) is 41.1 Å². The second-order valence-corrected chi connectivity index (χ2v) is 22.5. The van der Waals surface area contributed by atoms with E-state index in [9.17, 15) is 84.5 Å². The van der Waals surface area contributed by atoms with Crippen LogP contribution in [0.1, 0.15) is 55.1 Å². The Morgan fingerprint density at radius 3 is 1.99 bits per heavy atom. The molecule has 0 saturated carbocycles. The van der Waals surface area contributed by atoms with Crippen molar-refractivity contribution in [1.82, 2.24) is 46.6 Å². The largest absolute Gasteiger partial charge is 1.00 e. The molecule has 8 rings (SSSR count). The van der Waals surface area contributed by atoms with Gasteiger partial charge in [0, 0.05) is 55.1 Å². The summed E-state index contributed by atoms with van der Waals surface area (Å²) in [4.78, 5) is 115. The van der Waals surface area contributed by atoms with E-state index in [1.807, 2.05) is 36.4 Å². The molecule has 3 fully saturated rings. The number of benzene rings is 4. The van der Waals surface area contributed by atoms with Crippen LogP contribution in [-0.2, 0) is 42.9 Å². The Morgan fingerprint density at radius 2 is 1.38 bits per heavy atom. The van der Waals surface area contributed by atoms with Crippen molar-refractivity contribution in [3.05, 3.63) is 115 Å². The van der Waals surface area contributed by atoms with Gasteiger partial charge in [0.1, 0.15) is 60.8 Å². The van der Waals surface area contributed by atoms with Gasteiger partial charge in [-0.05, 0) is 84.3 Å². The molecule has 4 heterocycles. The summed E-state index contributed by atoms with van der Waals surface area (Å²) < 4.78 is 20.6. The van der Waals surface area contributed by atoms with Crippen molar-refractivity contribution in [2.75, 3.05) is 26.2 Å². The molecule has 3 aliphatic heterocycles. The molecule has 0 spiro atoms. The van der Waals surface area contributed by atoms with Gasteiger partial charge in [-0.3, -0.25) is 43.4 Å². The second-order valence-electron chi connectivity index (χ2n) is 22.0. The van der Waals surface area contributed by atoms with Crippen LogP contribution in [0, 0.1) is 5.92 Å². The molecule has 4 aromatic carbocycles. The normalized spacial score (nSPS) is 24.6. The molecule has 3 aliphatic rings. The molecule has 0 aliphatic carbocycles. The molecule has 13 unspecified atom stereocenters. The molecule has 492 valence electrons. The van der Waals surface area contributed by atoms with Crippen LogP contribution in [0.25, 0.3) is 34.0 Å². The van der Waals surface area contributed by atoms with Crippen LogP contribution >= 0.6 is 12.3 Å². The smallest absolute Gasteiger partial charge is 0.691 e. The summed E-state index contributed by atoms with van der Waals surface area (Å²) >= 11 is -0.0907. The van der Waals surface area contributed by atoms with Crippen LogP contribution in [0.5, 0.6) is 17.2 Å². The molecular formula is C59H67N10NaO22S. The number of aliphatic hydroxyl groups is 7. The number of carbonyl (C=O) groups excluding carboxylic acids is 8. The van der Waals surface area contributed by atoms with Crippen LogP contribution in [0.2, 0.25) is 0 Å². The van der Waals surface area contributed by atoms with E-state index < -0.39 is 183 Å². The van der Waals surface area contributed by atoms with Crippen molar-refractivity contribution in [3.63, 3.8) is 0 Å². The first-order valence-corrected chi connectivity index (χ1v) is 29.2. The number of fused-ring (bicyclic) bond motifs is 2. The maximum Gasteiger partial charge on any atom is 1.00 e. The van der Waals surface area contributed by atoms with Crippen LogP contribution in [0.4, 0.5) is 0 Å². The van der Waals surface area contributed by atoms with Gasteiger partial charge in [-0.2, -0.15) is 0 Å². The predicted octanol–water partition coefficient (Wildman–Crippen LogP) is -6.17. The van der Waals surface area contributed by atoms with Gasteiger partial charge < -0.3 is 102 Å². The summed E-state index contributed by atoms with van der Waals surface area (Å²) in [6, 6.07) is 10.9. The van der Waals surface area contributed by atoms with Gasteiger partial charge in [0.25, 0.3) is 18.2 Å². The van der Waals surface area contributed by atoms with Gasteiger partial charge in [-0.15, -0.1) is 14.5 Å². The van der Waals surface area contributed by atoms with Crippen LogP contribution in [0.3, 0.4) is 0 Å². The Hall–Kier alpha value is -8.13. The van der Waals surface area contributed by atoms with E-state index in [-0.39, 0.29) is 64.8 Å². The molecule has 3 saturated heterocycles. The Bertz CT molecular complexity index is 3480. The van der Waals surface area contributed by atoms with Gasteiger partial charge in [-0.25, -0.2) is 0 Å². The van der Waals surface area contributed by atoms with Crippen molar-refractivity contribution in [2.24, 2.45) is 11.7 Å². The van der Waals surface area contributed by atoms with Gasteiger partial charge in [0.2, 0.25) is 53.1 Å². The van der Waals surface area contributed by atoms with E-state index in [2.05, 4.69) is 52.7 Å². The summed E-state index contributed by atoms with van der Waals surface area (Å²) in [7, 11) is 0. The number of hydrogen-bond donors (Lipinski definition) is 14. The monoisotopic (exact) mass is 1320 g/mol. The predicted molar refractivity (Wildman–Crippen MR) is 315 cm³/mol. The molecule has 1 aromatic heterocycles. The van der Waals surface area contributed by atoms with E-state index in [0.29, 0.717) is 28.4 Å². The Balaban J connectivity index is 0.0000123. The van der Waals surface area contributed by atoms with E-state index in [1.165, 1.54) is 31.2 Å². The van der Waals surface area contributed by atoms with Gasteiger partial charge in [0.05, 0.1) is 36.9 Å². The van der Waals surface area contributed by atoms with Crippen molar-refractivity contribution in [1.29, 1.82) is 0 Å². The minimum atomic E-state index is -2.55. The molecule has 93 heavy (non-hydrogen) atoms. The average molecular weight is 1320 g/mol. The number of nitrogens with one attached hydrogen (secondary N) is 5. The fraction of sp³-hybridized carbons (Fsp3) is 0.390. The Kier molecular flexibility index (Phi) is 25.4. The van der Waals surface area contributed by atoms with Gasteiger partial charge in [0.15, 0.2) is 11.5 Å². The summed E-state index contributed by atoms with van der Waals surface area (Å²) in [5.41, 5.74) is 7.75. The van der Waals surface area contributed by atoms with Gasteiger partial charge in [-0.1, -0.05) is 49.9 Å². The van der Waals surface area contributed by atoms with Crippen molar-refractivity contribution >= 4 is 59.6 Å². The number of phenols is 1. The zero-order valence-electron chi connectivity index (χ0n) is 50.0. The summed E-state index contributed by atoms with van der Waals surface area (Å²) in [6.45, 7) is 4.64. The number of carbonyl (C=O) groups is 8. The first kappa shape index (κ1) is 72.3. The number of nitrogens with zero attached hydrogens (tertiary/aromatic N) is 4. The third-order valence-corrected chi connectivity index (χ3v) is 15.8. The number of aromatic nitrogens is 2. The zero-order chi connectivity index (χ0) is 66.7. The van der Waals surface area contributed by atoms with Crippen LogP contribution in [0.15, 0.2) is 108 Å². The van der Waals surface area contributed by atoms with Crippen molar-refractivity contribution < 1.29 is 137 Å². The van der Waals surface area contributed by atoms with Crippen molar-refractivity contribution in [3.8, 4) is 51.3 Å². The molecule has 15 N–H and O–H groups in total. The SMILES string of the molecule is C=CCOc1ccc(-c2ccc(-c3nnc(-c4ccc(C(=O)N[C@H]5CC(O)CNC(=O)C6C(O)C(C)CN6C(=O)C(C(O)CC(N)=O)NC(=O)C(C(O)C(O)c6ccc(O)c(OSOO[O-])c6)NC(=O)C6CC(O)CN6C(=O)C(C(C)O)NC5=O)cc4)o3)cc2)cc1.[Na+]. The summed E-state index contributed by atoms with van der Waals surface area (Å²) in [5, 5.41) is 124. The standard InChI is InChI=1S/C59H68N10O22S.Na/c1-4-19-87-37-16-13-30(14-17-37)29-5-9-32(10-6-29)56-66-67-57(88-56)33-11-7-31(8-12-33)51(79)62-38-21-35(71)24-61-55(83)47-48(76)27(2)25-69(47)59(85)45(41(74)23-43(60)75)64-54(82)46(50(78)49(77)34-15-18-40(73)42(20-34)89-92-91-90-86)65-53(81)39-22-36(72)26-68(39)58(84)44(28(3)70)63-52(38)80;/h4-18,20,27-28,35-36,38-39,41,44-50,70-74,76-78,86H,1,19,21-26H2,2-3H3,(H2,60,75)(H,61,83)(H,62,79)(H,63,80)(H,64,82)(H,65,81);/q;+1/p-1/t27?,28?,35?,36?,38-,39?,41?,44?,45?,46?,47?,48?,49?,50?;/m0./s1. The quantitative estimate of drug-likeness (QED) is 0.00913. The van der Waals surface area contributed by atoms with E-state index in [4.69, 9.17) is 19.1 Å². The fourth-order valence-electron chi connectivity index (χ4n) is 10.6. The minimum Gasteiger partial charge on any atom is -0.691 e. The summed E-state index contributed by atoms with van der Waals surface area (Å²) in [6.07, 6.45) is -14.7. The summed E-state index contributed by atoms with van der Waals surface area (Å²) in [5.74, 6) is -11.2. The van der Waals surface area contributed by atoms with E-state index >= 15 is 0 Å². The molecule has 14 atom stereocenters. The topological polar surface area (TPSA) is 490 Å². The number of hydrogen-bond acceptors (Lipinski definition) is 25. The first-order chi connectivity index (χ1) is 43.9. The third-order valence-electron chi connectivity index (χ3n) is 15.4. The molecule has 0 radical (unpaired) electrons. The number of aliphatic hydroxyl groups excluding tert-OH is 7. The molecule has 34 heteroatoms. The molecule has 0 bridgehead atoms. The number of phenolic OH excluding ortho intramolecular Hbond substituents is 1. The molecular weight excluding hydrogens is 1260 g/mol. The Labute approximate surface area is 556 Å². The Morgan fingerprint density at radius 1 is 0.785 bits per heavy atom. The fourth-order valence-corrected chi connectivity index (χ4v) is 10.9. The first-order valence-electron chi connectivity index (χ1n) is 28.5. The van der Waals surface area contributed by atoms with Gasteiger partial charge >= 0.3 is 29.6 Å². The van der Waals surface area contributed by atoms with E-state index in [1.54, 1.807) is 18.2 Å². The van der Waals surface area contributed by atoms with Crippen molar-refractivity contribution in [2.45, 2.75) is 112 Å². The minimum absolute atomic E-state index is 0. The number of primary amides is 1. The molecule has 32 nitrogen and oxygen atoms in total. The molecule has 5 aromatic rings. The number of aromatic hydroxyl groups is 1. The maximum absolute atomic E-state index is 14.7. The second kappa shape index (κ2) is 32.6. The van der Waals surface area contributed by atoms with Crippen LogP contribution in [-0.4, -0.2) is 207 Å². The van der Waals surface area contributed by atoms with Crippen LogP contribution < -0.4 is 76.1 Å².